The number of imide groups is 1. The highest BCUT2D eigenvalue weighted by atomic mass is 16.6. The van der Waals surface area contributed by atoms with Gasteiger partial charge in [-0.15, -0.1) is 0 Å². The minimum absolute atomic E-state index is 0.229. The number of rotatable bonds is 7. The molecule has 2 aromatic carbocycles. The van der Waals surface area contributed by atoms with Gasteiger partial charge in [0, 0.05) is 52.9 Å². The Morgan fingerprint density at radius 2 is 1.65 bits per heavy atom. The van der Waals surface area contributed by atoms with Crippen molar-refractivity contribution in [2.45, 2.75) is 39.3 Å². The molecule has 2 aromatic heterocycles. The van der Waals surface area contributed by atoms with Gasteiger partial charge in [0.1, 0.15) is 5.60 Å². The van der Waals surface area contributed by atoms with Crippen LogP contribution in [-0.4, -0.2) is 52.7 Å². The quantitative estimate of drug-likeness (QED) is 0.180. The molecule has 3 amide bonds. The predicted molar refractivity (Wildman–Crippen MR) is 150 cm³/mol. The molecule has 1 aliphatic rings. The molecule has 1 aliphatic heterocycles. The normalized spacial score (nSPS) is 13.7. The third kappa shape index (κ3) is 4.95. The number of carbonyl (C=O) groups excluding carboxylic acids is 4. The number of carbonyl (C=O) groups is 4. The maximum atomic E-state index is 13.2. The van der Waals surface area contributed by atoms with Gasteiger partial charge >= 0.3 is 12.1 Å². The van der Waals surface area contributed by atoms with E-state index in [0.29, 0.717) is 47.1 Å². The number of ether oxygens (including phenoxy) is 2. The van der Waals surface area contributed by atoms with Gasteiger partial charge in [-0.2, -0.15) is 0 Å². The van der Waals surface area contributed by atoms with Crippen molar-refractivity contribution in [1.82, 2.24) is 20.2 Å². The molecule has 3 heterocycles. The number of aromatic amines is 1. The van der Waals surface area contributed by atoms with E-state index in [2.05, 4.69) is 15.6 Å². The fourth-order valence-electron chi connectivity index (χ4n) is 5.00. The Morgan fingerprint density at radius 3 is 2.38 bits per heavy atom. The van der Waals surface area contributed by atoms with Crippen LogP contribution in [0.3, 0.4) is 0 Å². The van der Waals surface area contributed by atoms with Crippen LogP contribution in [0.4, 0.5) is 4.79 Å². The molecule has 0 fully saturated rings. The monoisotopic (exact) mass is 542 g/mol. The van der Waals surface area contributed by atoms with E-state index in [4.69, 9.17) is 9.47 Å². The Balaban J connectivity index is 1.53. The molecule has 0 unspecified atom stereocenters. The Morgan fingerprint density at radius 1 is 0.950 bits per heavy atom. The van der Waals surface area contributed by atoms with Gasteiger partial charge in [-0.3, -0.25) is 14.9 Å². The Hall–Kier alpha value is -4.86. The first-order valence-electron chi connectivity index (χ1n) is 12.9. The molecule has 0 saturated heterocycles. The predicted octanol–water partition coefficient (Wildman–Crippen LogP) is 4.39. The van der Waals surface area contributed by atoms with Crippen molar-refractivity contribution in [2.75, 3.05) is 13.7 Å². The maximum absolute atomic E-state index is 13.2. The van der Waals surface area contributed by atoms with Crippen molar-refractivity contribution in [3.63, 3.8) is 0 Å². The zero-order valence-corrected chi connectivity index (χ0v) is 22.7. The van der Waals surface area contributed by atoms with E-state index in [1.54, 1.807) is 45.2 Å². The molecular weight excluding hydrogens is 512 g/mol. The first-order chi connectivity index (χ1) is 19.1. The number of amides is 3. The average molecular weight is 543 g/mol. The molecule has 0 bridgehead atoms. The summed E-state index contributed by atoms with van der Waals surface area (Å²) in [7, 11) is 1.30. The van der Waals surface area contributed by atoms with E-state index >= 15 is 0 Å². The van der Waals surface area contributed by atoms with Gasteiger partial charge in [0.05, 0.1) is 29.3 Å². The summed E-state index contributed by atoms with van der Waals surface area (Å²) in [5.74, 6) is -1.51. The Bertz CT molecular complexity index is 1700. The highest BCUT2D eigenvalue weighted by Gasteiger charge is 2.35. The van der Waals surface area contributed by atoms with Crippen LogP contribution < -0.4 is 10.6 Å². The van der Waals surface area contributed by atoms with E-state index in [1.165, 1.54) is 7.11 Å². The van der Waals surface area contributed by atoms with Crippen LogP contribution in [0.5, 0.6) is 0 Å². The van der Waals surface area contributed by atoms with Crippen molar-refractivity contribution < 1.29 is 28.7 Å². The molecule has 0 saturated carbocycles. The highest BCUT2D eigenvalue weighted by molar-refractivity contribution is 6.50. The van der Waals surface area contributed by atoms with E-state index in [-0.39, 0.29) is 11.1 Å². The van der Waals surface area contributed by atoms with Crippen LogP contribution in [0, 0.1) is 0 Å². The SMILES string of the molecule is COC(=O)c1cccc2c(C3=C(c4cn(CCCNC(=O)OC(C)(C)C)c5ccccc45)C(=O)NC3=O)c[nH]c12. The van der Waals surface area contributed by atoms with Gasteiger partial charge in [0.2, 0.25) is 0 Å². The summed E-state index contributed by atoms with van der Waals surface area (Å²) in [6, 6.07) is 12.8. The lowest BCUT2D eigenvalue weighted by Gasteiger charge is -2.19. The van der Waals surface area contributed by atoms with E-state index in [1.807, 2.05) is 35.0 Å². The Labute approximate surface area is 230 Å². The molecule has 10 nitrogen and oxygen atoms in total. The minimum Gasteiger partial charge on any atom is -0.465 e. The minimum atomic E-state index is -0.577. The number of hydrogen-bond acceptors (Lipinski definition) is 6. The summed E-state index contributed by atoms with van der Waals surface area (Å²) < 4.78 is 12.2. The zero-order chi connectivity index (χ0) is 28.6. The smallest absolute Gasteiger partial charge is 0.407 e. The number of esters is 1. The summed E-state index contributed by atoms with van der Waals surface area (Å²) in [6.07, 6.45) is 3.63. The lowest BCUT2D eigenvalue weighted by atomic mass is 9.95. The van der Waals surface area contributed by atoms with Crippen molar-refractivity contribution in [2.24, 2.45) is 0 Å². The standard InChI is InChI=1S/C30H30N4O6/c1-30(2,3)40-29(38)31-13-8-14-34-16-21(17-9-5-6-12-22(17)34)24-23(26(35)33-27(24)36)20-15-32-25-18(20)10-7-11-19(25)28(37)39-4/h5-7,9-12,15-16,32H,8,13-14H2,1-4H3,(H,31,38)(H,33,35,36). The molecule has 0 radical (unpaired) electrons. The molecule has 0 atom stereocenters. The molecule has 4 aromatic rings. The van der Waals surface area contributed by atoms with Crippen LogP contribution in [0.1, 0.15) is 48.7 Å². The number of para-hydroxylation sites is 2. The number of fused-ring (bicyclic) bond motifs is 2. The highest BCUT2D eigenvalue weighted by Crippen LogP contribution is 2.38. The molecule has 10 heteroatoms. The average Bonchev–Trinajstić information content (AvgIpc) is 3.57. The summed E-state index contributed by atoms with van der Waals surface area (Å²) in [4.78, 5) is 53.7. The first kappa shape index (κ1) is 26.7. The number of alkyl carbamates (subject to hydrolysis) is 1. The van der Waals surface area contributed by atoms with Gasteiger partial charge in [0.15, 0.2) is 0 Å². The third-order valence-corrected chi connectivity index (χ3v) is 6.62. The Kier molecular flexibility index (Phi) is 6.93. The van der Waals surface area contributed by atoms with Crippen LogP contribution in [0.2, 0.25) is 0 Å². The molecule has 40 heavy (non-hydrogen) atoms. The van der Waals surface area contributed by atoms with Crippen LogP contribution >= 0.6 is 0 Å². The van der Waals surface area contributed by atoms with E-state index in [0.717, 1.165) is 10.9 Å². The summed E-state index contributed by atoms with van der Waals surface area (Å²) in [5.41, 5.74) is 2.78. The lowest BCUT2D eigenvalue weighted by Crippen LogP contribution is -2.33. The van der Waals surface area contributed by atoms with Gasteiger partial charge in [-0.25, -0.2) is 9.59 Å². The summed E-state index contributed by atoms with van der Waals surface area (Å²) >= 11 is 0. The first-order valence-corrected chi connectivity index (χ1v) is 12.9. The van der Waals surface area contributed by atoms with Crippen LogP contribution in [-0.2, 0) is 25.6 Å². The second kappa shape index (κ2) is 10.4. The molecule has 5 rings (SSSR count). The molecule has 0 aliphatic carbocycles. The van der Waals surface area contributed by atoms with E-state index in [9.17, 15) is 19.2 Å². The maximum Gasteiger partial charge on any atom is 0.407 e. The largest absolute Gasteiger partial charge is 0.465 e. The summed E-state index contributed by atoms with van der Waals surface area (Å²) in [5, 5.41) is 6.65. The fourth-order valence-corrected chi connectivity index (χ4v) is 5.00. The number of benzene rings is 2. The fraction of sp³-hybridized carbons (Fsp3) is 0.267. The van der Waals surface area contributed by atoms with Crippen LogP contribution in [0.15, 0.2) is 54.9 Å². The number of aromatic nitrogens is 2. The third-order valence-electron chi connectivity index (χ3n) is 6.62. The molecular formula is C30H30N4O6. The van der Waals surface area contributed by atoms with Crippen molar-refractivity contribution in [3.05, 3.63) is 71.5 Å². The van der Waals surface area contributed by atoms with Gasteiger partial charge in [0.25, 0.3) is 11.8 Å². The van der Waals surface area contributed by atoms with Crippen molar-refractivity contribution in [3.8, 4) is 0 Å². The number of H-pyrrole nitrogens is 1. The lowest BCUT2D eigenvalue weighted by molar-refractivity contribution is -0.122. The van der Waals surface area contributed by atoms with Crippen molar-refractivity contribution in [1.29, 1.82) is 0 Å². The van der Waals surface area contributed by atoms with E-state index < -0.39 is 29.5 Å². The van der Waals surface area contributed by atoms with Crippen molar-refractivity contribution >= 4 is 56.8 Å². The van der Waals surface area contributed by atoms with Gasteiger partial charge < -0.3 is 24.3 Å². The molecule has 3 N–H and O–H groups in total. The van der Waals surface area contributed by atoms with Crippen LogP contribution in [0.25, 0.3) is 33.0 Å². The number of nitrogens with one attached hydrogen (secondary N) is 3. The number of methoxy groups -OCH3 is 1. The zero-order valence-electron chi connectivity index (χ0n) is 22.7. The molecule has 206 valence electrons. The topological polar surface area (TPSA) is 132 Å². The summed E-state index contributed by atoms with van der Waals surface area (Å²) in [6.45, 7) is 6.38. The number of hydrogen-bond donors (Lipinski definition) is 3. The second-order valence-electron chi connectivity index (χ2n) is 10.5. The van der Waals surface area contributed by atoms with Gasteiger partial charge in [-0.1, -0.05) is 30.3 Å². The second-order valence-corrected chi connectivity index (χ2v) is 10.5. The molecule has 0 spiro atoms. The number of nitrogens with zero attached hydrogens (tertiary/aromatic N) is 1. The van der Waals surface area contributed by atoms with Gasteiger partial charge in [-0.05, 0) is 39.3 Å². The number of aryl methyl sites for hydroxylation is 1.